The monoisotopic (exact) mass is 159 g/mol. The smallest absolute Gasteiger partial charge is 0.759 e. The lowest BCUT2D eigenvalue weighted by molar-refractivity contribution is 0.352. The van der Waals surface area contributed by atoms with Crippen LogP contribution in [0, 0.1) is 0 Å². The summed E-state index contributed by atoms with van der Waals surface area (Å²) in [6.45, 7) is 1.65. The van der Waals surface area contributed by atoms with Crippen LogP contribution in [0.2, 0.25) is 0 Å². The fourth-order valence-corrected chi connectivity index (χ4v) is 0. The molecule has 8 heavy (non-hydrogen) atoms. The Morgan fingerprint density at radius 1 is 1.50 bits per heavy atom. The van der Waals surface area contributed by atoms with Crippen LogP contribution < -0.4 is 0 Å². The van der Waals surface area contributed by atoms with Crippen LogP contribution in [0.25, 0.3) is 0 Å². The first kappa shape index (κ1) is 11.0. The molecule has 1 radical (unpaired) electrons. The van der Waals surface area contributed by atoms with Crippen molar-refractivity contribution in [3.05, 3.63) is 0 Å². The third-order valence-corrected chi connectivity index (χ3v) is 0. The second kappa shape index (κ2) is 5.27. The van der Waals surface area contributed by atoms with E-state index in [1.807, 2.05) is 0 Å². The highest BCUT2D eigenvalue weighted by atomic mass is 32.3. The molecule has 1 N–H and O–H groups in total. The Morgan fingerprint density at radius 2 is 1.50 bits per heavy atom. The van der Waals surface area contributed by atoms with Gasteiger partial charge in [0.2, 0.25) is 0 Å². The van der Waals surface area contributed by atoms with Crippen LogP contribution >= 0.6 is 8.81 Å². The van der Waals surface area contributed by atoms with Crippen molar-refractivity contribution >= 4 is 19.2 Å². The maximum absolute atomic E-state index is 8.52. The molecule has 0 fully saturated rings. The summed E-state index contributed by atoms with van der Waals surface area (Å²) < 4.78 is 34.1. The molecule has 7 heteroatoms. The van der Waals surface area contributed by atoms with Gasteiger partial charge >= 0.3 is 15.5 Å². The molecule has 0 unspecified atom stereocenters. The normalized spacial score (nSPS) is 10.0. The molecule has 0 heterocycles. The summed E-state index contributed by atoms with van der Waals surface area (Å²) in [5.74, 6) is 0. The zero-order valence-corrected chi connectivity index (χ0v) is 5.65. The van der Waals surface area contributed by atoms with Crippen LogP contribution in [-0.4, -0.2) is 29.1 Å². The van der Waals surface area contributed by atoms with E-state index in [4.69, 9.17) is 22.4 Å². The molecule has 0 rings (SSSR count). The van der Waals surface area contributed by atoms with Gasteiger partial charge in [-0.05, 0) is 0 Å². The van der Waals surface area contributed by atoms with Crippen molar-refractivity contribution in [2.24, 2.45) is 0 Å². The Morgan fingerprint density at radius 3 is 1.50 bits per heavy atom. The molecule has 0 spiro atoms. The molecule has 0 aliphatic carbocycles. The van der Waals surface area contributed by atoms with Gasteiger partial charge in [0.1, 0.15) is 0 Å². The Hall–Kier alpha value is 0.130. The molecule has 0 saturated heterocycles. The van der Waals surface area contributed by atoms with E-state index in [0.717, 1.165) is 0 Å². The van der Waals surface area contributed by atoms with Crippen LogP contribution in [0.4, 0.5) is 0 Å². The summed E-state index contributed by atoms with van der Waals surface area (Å²) >= 11 is 0. The van der Waals surface area contributed by atoms with E-state index in [0.29, 0.717) is 8.81 Å². The highest BCUT2D eigenvalue weighted by Crippen LogP contribution is 1.83. The molecule has 0 aromatic rings. The van der Waals surface area contributed by atoms with Crippen LogP contribution in [0.1, 0.15) is 0 Å². The maximum atomic E-state index is 8.52. The largest absolute Gasteiger partial charge is 0.890 e. The minimum absolute atomic E-state index is 0.417. The molecule has 5 nitrogen and oxygen atoms in total. The second-order valence-electron chi connectivity index (χ2n) is 0.608. The summed E-state index contributed by atoms with van der Waals surface area (Å²) in [7, 11) is -4.75. The van der Waals surface area contributed by atoms with Gasteiger partial charge in [-0.3, -0.25) is 8.42 Å². The zero-order chi connectivity index (χ0) is 7.21. The average molecular weight is 159 g/mol. The van der Waals surface area contributed by atoms with E-state index < -0.39 is 10.4 Å². The first-order valence-corrected chi connectivity index (χ1v) is 3.94. The summed E-state index contributed by atoms with van der Waals surface area (Å²) in [4.78, 5) is 7.54. The minimum atomic E-state index is -5.17. The third-order valence-electron chi connectivity index (χ3n) is 0. The van der Waals surface area contributed by atoms with E-state index in [1.165, 1.54) is 0 Å². The molecule has 0 saturated carbocycles. The van der Waals surface area contributed by atoms with Crippen LogP contribution in [0.3, 0.4) is 0 Å². The number of hydrogen-bond donors (Lipinski definition) is 1. The van der Waals surface area contributed by atoms with Crippen molar-refractivity contribution in [3.8, 4) is 0 Å². The van der Waals surface area contributed by atoms with Crippen molar-refractivity contribution in [1.29, 1.82) is 0 Å². The Bertz CT molecular complexity index is 106. The van der Waals surface area contributed by atoms with Crippen LogP contribution in [0.5, 0.6) is 0 Å². The van der Waals surface area contributed by atoms with Crippen molar-refractivity contribution in [2.75, 3.05) is 6.66 Å². The van der Waals surface area contributed by atoms with Gasteiger partial charge in [0.25, 0.3) is 0 Å². The number of rotatable bonds is 0. The third kappa shape index (κ3) is 9550. The van der Waals surface area contributed by atoms with Crippen LogP contribution in [-0.2, 0) is 10.4 Å². The second-order valence-corrected chi connectivity index (χ2v) is 1.82. The van der Waals surface area contributed by atoms with E-state index in [1.54, 1.807) is 6.66 Å². The fourth-order valence-electron chi connectivity index (χ4n) is 0. The highest BCUT2D eigenvalue weighted by Gasteiger charge is 2.00. The highest BCUT2D eigenvalue weighted by molar-refractivity contribution is 7.79. The Kier molecular flexibility index (Phi) is 7.25. The van der Waals surface area contributed by atoms with Crippen molar-refractivity contribution < 1.29 is 22.4 Å². The molecule has 0 amide bonds. The summed E-state index contributed by atoms with van der Waals surface area (Å²) in [5, 5.41) is 0. The number of hydrogen-bond acceptors (Lipinski definition) is 5. The Balaban J connectivity index is 0. The maximum Gasteiger partial charge on any atom is 0.890 e. The van der Waals surface area contributed by atoms with E-state index in [9.17, 15) is 0 Å². The molecular formula is CH4O5PS. The SMILES string of the molecule is C[P+2]O.O=S(=O)([O-])[O-]. The van der Waals surface area contributed by atoms with Crippen molar-refractivity contribution in [1.82, 2.24) is 0 Å². The first-order chi connectivity index (χ1) is 3.41. The van der Waals surface area contributed by atoms with Gasteiger partial charge in [-0.2, -0.15) is 0 Å². The van der Waals surface area contributed by atoms with Gasteiger partial charge in [0, 0.05) is 15.3 Å². The van der Waals surface area contributed by atoms with E-state index in [2.05, 4.69) is 0 Å². The van der Waals surface area contributed by atoms with Gasteiger partial charge in [-0.15, -0.1) is 0 Å². The lowest BCUT2D eigenvalue weighted by Gasteiger charge is -2.06. The van der Waals surface area contributed by atoms with Crippen LogP contribution in [0.15, 0.2) is 0 Å². The molecule has 0 aliphatic heterocycles. The molecular weight excluding hydrogens is 155 g/mol. The van der Waals surface area contributed by atoms with Crippen molar-refractivity contribution in [2.45, 2.75) is 0 Å². The summed E-state index contributed by atoms with van der Waals surface area (Å²) in [5.41, 5.74) is 0. The standard InChI is InChI=1S/CH4OP.H2O4S/c1-3-2;1-5(2,3)4/h2H,1H3;(H2,1,2,3,4)/q+2;/p-2. The van der Waals surface area contributed by atoms with Gasteiger partial charge in [-0.1, -0.05) is 0 Å². The van der Waals surface area contributed by atoms with E-state index >= 15 is 0 Å². The van der Waals surface area contributed by atoms with Crippen molar-refractivity contribution in [3.63, 3.8) is 0 Å². The van der Waals surface area contributed by atoms with Gasteiger partial charge < -0.3 is 9.11 Å². The summed E-state index contributed by atoms with van der Waals surface area (Å²) in [6, 6.07) is 0. The van der Waals surface area contributed by atoms with Gasteiger partial charge in [0.15, 0.2) is 0 Å². The molecule has 0 aliphatic rings. The molecule has 0 bridgehead atoms. The summed E-state index contributed by atoms with van der Waals surface area (Å²) in [6.07, 6.45) is 0. The predicted octanol–water partition coefficient (Wildman–Crippen LogP) is -0.868. The molecule has 0 atom stereocenters. The van der Waals surface area contributed by atoms with Gasteiger partial charge in [-0.25, -0.2) is 0 Å². The van der Waals surface area contributed by atoms with E-state index in [-0.39, 0.29) is 0 Å². The molecule has 0 aromatic heterocycles. The fraction of sp³-hybridized carbons (Fsp3) is 1.00. The zero-order valence-electron chi connectivity index (χ0n) is 3.94. The lowest BCUT2D eigenvalue weighted by atomic mass is 12.0. The van der Waals surface area contributed by atoms with Gasteiger partial charge in [0.05, 0.1) is 0 Å². The first-order valence-electron chi connectivity index (χ1n) is 1.31. The molecule has 0 aromatic carbocycles. The lowest BCUT2D eigenvalue weighted by Crippen LogP contribution is -1.91. The average Bonchev–Trinajstić information content (AvgIpc) is 1.27. The minimum Gasteiger partial charge on any atom is -0.759 e. The quantitative estimate of drug-likeness (QED) is 0.281. The Labute approximate surface area is 49.2 Å². The molecule has 49 valence electrons. The predicted molar refractivity (Wildman–Crippen MR) is 25.5 cm³/mol. The topological polar surface area (TPSA) is 100 Å².